The molecule has 0 bridgehead atoms. The van der Waals surface area contributed by atoms with E-state index in [2.05, 4.69) is 96.0 Å². The van der Waals surface area contributed by atoms with Gasteiger partial charge in [-0.25, -0.2) is 4.98 Å². The van der Waals surface area contributed by atoms with Crippen LogP contribution in [0.2, 0.25) is 0 Å². The van der Waals surface area contributed by atoms with Crippen LogP contribution < -0.4 is 0 Å². The van der Waals surface area contributed by atoms with Gasteiger partial charge in [-0.15, -0.1) is 11.3 Å². The van der Waals surface area contributed by atoms with Crippen LogP contribution in [0, 0.1) is 0 Å². The minimum atomic E-state index is 0.649. The van der Waals surface area contributed by atoms with Gasteiger partial charge in [-0.3, -0.25) is 0 Å². The zero-order chi connectivity index (χ0) is 22.5. The quantitative estimate of drug-likeness (QED) is 0.266. The molecule has 0 aliphatic heterocycles. The molecule has 0 amide bonds. The maximum absolute atomic E-state index is 5.96. The van der Waals surface area contributed by atoms with Crippen LogP contribution in [0.15, 0.2) is 120 Å². The summed E-state index contributed by atoms with van der Waals surface area (Å²) in [7, 11) is 0. The summed E-state index contributed by atoms with van der Waals surface area (Å²) >= 11 is 1.87. The fraction of sp³-hybridized carbons (Fsp3) is 0. The first kappa shape index (κ1) is 19.3. The summed E-state index contributed by atoms with van der Waals surface area (Å²) < 4.78 is 8.62. The molecule has 0 atom stereocenters. The lowest BCUT2D eigenvalue weighted by Gasteiger charge is -2.11. The Kier molecular flexibility index (Phi) is 4.36. The Bertz CT molecular complexity index is 1770. The van der Waals surface area contributed by atoms with Crippen molar-refractivity contribution in [1.82, 2.24) is 4.98 Å². The second-order valence-corrected chi connectivity index (χ2v) is 9.44. The molecule has 0 aliphatic carbocycles. The molecule has 2 nitrogen and oxygen atoms in total. The summed E-state index contributed by atoms with van der Waals surface area (Å²) in [4.78, 5) is 4.64. The molecule has 3 heteroatoms. The standard InChI is InChI=1S/C31H19NOS/c1-2-9-23(25-11-7-12-26-24-10-3-6-15-29(24)34-30(25)26)22(8-1)20-16-18-21(19-17-20)31-32-27-13-4-5-14-28(27)33-31/h1-19H. The first-order chi connectivity index (χ1) is 16.8. The van der Waals surface area contributed by atoms with Gasteiger partial charge in [0.15, 0.2) is 5.58 Å². The van der Waals surface area contributed by atoms with E-state index >= 15 is 0 Å². The van der Waals surface area contributed by atoms with E-state index in [1.165, 1.54) is 42.4 Å². The van der Waals surface area contributed by atoms with Crippen LogP contribution in [0.25, 0.3) is 65.0 Å². The Hall–Kier alpha value is -4.21. The van der Waals surface area contributed by atoms with Crippen LogP contribution >= 0.6 is 11.3 Å². The molecule has 0 radical (unpaired) electrons. The van der Waals surface area contributed by atoms with Gasteiger partial charge in [0.25, 0.3) is 0 Å². The van der Waals surface area contributed by atoms with Crippen molar-refractivity contribution in [2.75, 3.05) is 0 Å². The highest BCUT2D eigenvalue weighted by Gasteiger charge is 2.14. The van der Waals surface area contributed by atoms with Crippen LogP contribution in [0.4, 0.5) is 0 Å². The van der Waals surface area contributed by atoms with E-state index in [-0.39, 0.29) is 0 Å². The number of aromatic nitrogens is 1. The number of para-hydroxylation sites is 2. The third kappa shape index (κ3) is 3.06. The molecule has 0 fully saturated rings. The van der Waals surface area contributed by atoms with E-state index < -0.39 is 0 Å². The smallest absolute Gasteiger partial charge is 0.227 e. The lowest BCUT2D eigenvalue weighted by molar-refractivity contribution is 0.620. The van der Waals surface area contributed by atoms with Gasteiger partial charge in [0.2, 0.25) is 5.89 Å². The Balaban J connectivity index is 1.35. The van der Waals surface area contributed by atoms with Gasteiger partial charge in [0.1, 0.15) is 5.52 Å². The average molecular weight is 454 g/mol. The highest BCUT2D eigenvalue weighted by atomic mass is 32.1. The SMILES string of the molecule is c1ccc(-c2cccc3c2sc2ccccc23)c(-c2ccc(-c3nc4ccccc4o3)cc2)c1. The molecule has 7 aromatic rings. The first-order valence-corrected chi connectivity index (χ1v) is 12.1. The minimum Gasteiger partial charge on any atom is -0.436 e. The van der Waals surface area contributed by atoms with Crippen molar-refractivity contribution in [3.8, 4) is 33.7 Å². The molecule has 160 valence electrons. The fourth-order valence-electron chi connectivity index (χ4n) is 4.72. The first-order valence-electron chi connectivity index (χ1n) is 11.3. The van der Waals surface area contributed by atoms with Gasteiger partial charge in [0.05, 0.1) is 0 Å². The molecular weight excluding hydrogens is 434 g/mol. The van der Waals surface area contributed by atoms with Crippen LogP contribution in [0.5, 0.6) is 0 Å². The molecule has 0 saturated carbocycles. The van der Waals surface area contributed by atoms with Crippen LogP contribution in [0.1, 0.15) is 0 Å². The van der Waals surface area contributed by atoms with E-state index in [4.69, 9.17) is 4.42 Å². The highest BCUT2D eigenvalue weighted by molar-refractivity contribution is 7.26. The zero-order valence-electron chi connectivity index (χ0n) is 18.2. The summed E-state index contributed by atoms with van der Waals surface area (Å²) in [5.74, 6) is 0.649. The molecule has 7 rings (SSSR count). The highest BCUT2D eigenvalue weighted by Crippen LogP contribution is 2.42. The molecule has 34 heavy (non-hydrogen) atoms. The van der Waals surface area contributed by atoms with Crippen LogP contribution in [-0.4, -0.2) is 4.98 Å². The number of oxazole rings is 1. The van der Waals surface area contributed by atoms with E-state index in [0.717, 1.165) is 16.7 Å². The minimum absolute atomic E-state index is 0.649. The summed E-state index contributed by atoms with van der Waals surface area (Å²) in [6, 6.07) is 40.3. The number of benzene rings is 5. The van der Waals surface area contributed by atoms with Crippen molar-refractivity contribution < 1.29 is 4.42 Å². The molecule has 0 unspecified atom stereocenters. The summed E-state index contributed by atoms with van der Waals surface area (Å²) in [5.41, 5.74) is 7.58. The van der Waals surface area contributed by atoms with Crippen molar-refractivity contribution in [1.29, 1.82) is 0 Å². The lowest BCUT2D eigenvalue weighted by atomic mass is 9.93. The molecule has 2 aromatic heterocycles. The zero-order valence-corrected chi connectivity index (χ0v) is 19.0. The third-order valence-electron chi connectivity index (χ3n) is 6.36. The third-order valence-corrected chi connectivity index (χ3v) is 7.58. The van der Waals surface area contributed by atoms with Gasteiger partial charge < -0.3 is 4.42 Å². The molecule has 0 aliphatic rings. The number of hydrogen-bond donors (Lipinski definition) is 0. The molecule has 0 saturated heterocycles. The van der Waals surface area contributed by atoms with E-state index in [1.807, 2.05) is 35.6 Å². The Labute approximate surface area is 200 Å². The molecule has 0 N–H and O–H groups in total. The maximum atomic E-state index is 5.96. The Morgan fingerprint density at radius 3 is 2.09 bits per heavy atom. The van der Waals surface area contributed by atoms with Crippen molar-refractivity contribution in [2.24, 2.45) is 0 Å². The lowest BCUT2D eigenvalue weighted by Crippen LogP contribution is -1.86. The summed E-state index contributed by atoms with van der Waals surface area (Å²) in [6.07, 6.45) is 0. The van der Waals surface area contributed by atoms with Gasteiger partial charge in [-0.05, 0) is 47.0 Å². The predicted molar refractivity (Wildman–Crippen MR) is 143 cm³/mol. The van der Waals surface area contributed by atoms with E-state index in [0.29, 0.717) is 5.89 Å². The normalized spacial score (nSPS) is 11.5. The van der Waals surface area contributed by atoms with Crippen molar-refractivity contribution in [3.05, 3.63) is 115 Å². The van der Waals surface area contributed by atoms with Crippen molar-refractivity contribution in [2.45, 2.75) is 0 Å². The van der Waals surface area contributed by atoms with Crippen LogP contribution in [-0.2, 0) is 0 Å². The van der Waals surface area contributed by atoms with Crippen molar-refractivity contribution >= 4 is 42.6 Å². The monoisotopic (exact) mass is 453 g/mol. The number of hydrogen-bond acceptors (Lipinski definition) is 3. The topological polar surface area (TPSA) is 26.0 Å². The molecule has 5 aromatic carbocycles. The number of fused-ring (bicyclic) bond motifs is 4. The number of nitrogens with zero attached hydrogens (tertiary/aromatic N) is 1. The van der Waals surface area contributed by atoms with E-state index in [1.54, 1.807) is 0 Å². The van der Waals surface area contributed by atoms with Gasteiger partial charge in [0, 0.05) is 31.3 Å². The number of rotatable bonds is 3. The Morgan fingerprint density at radius 2 is 1.21 bits per heavy atom. The molecule has 2 heterocycles. The second kappa shape index (κ2) is 7.68. The summed E-state index contributed by atoms with van der Waals surface area (Å²) in [5, 5.41) is 2.64. The van der Waals surface area contributed by atoms with Gasteiger partial charge in [-0.2, -0.15) is 0 Å². The number of thiophene rings is 1. The average Bonchev–Trinajstić information content (AvgIpc) is 3.50. The Morgan fingerprint density at radius 1 is 0.529 bits per heavy atom. The maximum Gasteiger partial charge on any atom is 0.227 e. The largest absolute Gasteiger partial charge is 0.436 e. The van der Waals surface area contributed by atoms with Crippen molar-refractivity contribution in [3.63, 3.8) is 0 Å². The molecular formula is C31H19NOS. The van der Waals surface area contributed by atoms with Gasteiger partial charge >= 0.3 is 0 Å². The predicted octanol–water partition coefficient (Wildman–Crippen LogP) is 9.20. The van der Waals surface area contributed by atoms with Gasteiger partial charge in [-0.1, -0.05) is 84.9 Å². The molecule has 0 spiro atoms. The fourth-order valence-corrected chi connectivity index (χ4v) is 5.95. The van der Waals surface area contributed by atoms with E-state index in [9.17, 15) is 0 Å². The second-order valence-electron chi connectivity index (χ2n) is 8.39. The summed E-state index contributed by atoms with van der Waals surface area (Å²) in [6.45, 7) is 0. The van der Waals surface area contributed by atoms with Crippen LogP contribution in [0.3, 0.4) is 0 Å².